The van der Waals surface area contributed by atoms with Gasteiger partial charge >= 0.3 is 7.12 Å². The highest BCUT2D eigenvalue weighted by Crippen LogP contribution is 2.20. The first kappa shape index (κ1) is 12.9. The van der Waals surface area contributed by atoms with Crippen LogP contribution in [0.25, 0.3) is 0 Å². The van der Waals surface area contributed by atoms with Gasteiger partial charge in [0, 0.05) is 5.54 Å². The summed E-state index contributed by atoms with van der Waals surface area (Å²) in [6, 6.07) is 0. The molecule has 0 amide bonds. The summed E-state index contributed by atoms with van der Waals surface area (Å²) >= 11 is 0. The Morgan fingerprint density at radius 2 is 1.85 bits per heavy atom. The first-order valence-electron chi connectivity index (χ1n) is 5.01. The van der Waals surface area contributed by atoms with Crippen LogP contribution in [0.1, 0.15) is 40.0 Å². The van der Waals surface area contributed by atoms with Gasteiger partial charge in [-0.05, 0) is 25.6 Å². The third kappa shape index (κ3) is 6.08. The Hall–Kier alpha value is -0.0551. The van der Waals surface area contributed by atoms with Gasteiger partial charge in [-0.15, -0.1) is 0 Å². The smallest absolute Gasteiger partial charge is 0.427 e. The maximum atomic E-state index is 8.62. The van der Waals surface area contributed by atoms with Gasteiger partial charge in [0.1, 0.15) is 0 Å². The molecule has 0 fully saturated rings. The quantitative estimate of drug-likeness (QED) is 0.429. The van der Waals surface area contributed by atoms with Gasteiger partial charge in [-0.1, -0.05) is 26.7 Å². The van der Waals surface area contributed by atoms with Crippen molar-refractivity contribution in [3.63, 3.8) is 0 Å². The van der Waals surface area contributed by atoms with E-state index < -0.39 is 7.12 Å². The van der Waals surface area contributed by atoms with Gasteiger partial charge in [-0.25, -0.2) is 0 Å². The lowest BCUT2D eigenvalue weighted by atomic mass is 9.80. The highest BCUT2D eigenvalue weighted by Gasteiger charge is 2.22. The summed E-state index contributed by atoms with van der Waals surface area (Å²) < 4.78 is 0. The minimum atomic E-state index is -1.16. The van der Waals surface area contributed by atoms with E-state index in [4.69, 9.17) is 15.8 Å². The van der Waals surface area contributed by atoms with E-state index in [0.29, 0.717) is 12.2 Å². The van der Waals surface area contributed by atoms with E-state index in [-0.39, 0.29) is 5.54 Å². The Balaban J connectivity index is 3.52. The normalized spacial score (nSPS) is 15.9. The van der Waals surface area contributed by atoms with Crippen LogP contribution in [0, 0.1) is 5.92 Å². The Kier molecular flexibility index (Phi) is 5.60. The highest BCUT2D eigenvalue weighted by atomic mass is 16.4. The number of unbranched alkanes of at least 4 members (excludes halogenated alkanes) is 1. The van der Waals surface area contributed by atoms with Crippen LogP contribution in [-0.4, -0.2) is 22.7 Å². The fraction of sp³-hybridized carbons (Fsp3) is 1.00. The lowest BCUT2D eigenvalue weighted by Gasteiger charge is -2.29. The fourth-order valence-corrected chi connectivity index (χ4v) is 1.12. The maximum absolute atomic E-state index is 8.62. The number of rotatable bonds is 6. The second-order valence-electron chi connectivity index (χ2n) is 4.39. The molecule has 0 aromatic carbocycles. The molecule has 13 heavy (non-hydrogen) atoms. The van der Waals surface area contributed by atoms with Crippen molar-refractivity contribution >= 4 is 7.12 Å². The molecule has 0 rings (SSSR count). The fourth-order valence-electron chi connectivity index (χ4n) is 1.12. The molecular formula is C9H22BNO2. The standard InChI is InChI=1S/C9H22BNO2/c1-8(2)9(3,11)6-4-5-7-10(12)13/h8,12-13H,4-7,11H2,1-3H3. The minimum absolute atomic E-state index is 0.125. The van der Waals surface area contributed by atoms with Crippen molar-refractivity contribution in [1.82, 2.24) is 0 Å². The minimum Gasteiger partial charge on any atom is -0.427 e. The summed E-state index contributed by atoms with van der Waals surface area (Å²) in [5, 5.41) is 17.2. The lowest BCUT2D eigenvalue weighted by molar-refractivity contribution is 0.307. The summed E-state index contributed by atoms with van der Waals surface area (Å²) in [5.74, 6) is 0.464. The van der Waals surface area contributed by atoms with Crippen molar-refractivity contribution in [3.8, 4) is 0 Å². The summed E-state index contributed by atoms with van der Waals surface area (Å²) in [5.41, 5.74) is 5.93. The van der Waals surface area contributed by atoms with Gasteiger partial charge in [-0.3, -0.25) is 0 Å². The zero-order valence-electron chi connectivity index (χ0n) is 8.95. The molecule has 4 heteroatoms. The molecule has 78 valence electrons. The SMILES string of the molecule is CC(C)C(C)(N)CCCCB(O)O. The van der Waals surface area contributed by atoms with E-state index in [9.17, 15) is 0 Å². The van der Waals surface area contributed by atoms with Crippen molar-refractivity contribution < 1.29 is 10.0 Å². The van der Waals surface area contributed by atoms with E-state index >= 15 is 0 Å². The van der Waals surface area contributed by atoms with Crippen molar-refractivity contribution in [2.45, 2.75) is 51.9 Å². The molecule has 4 N–H and O–H groups in total. The summed E-state index contributed by atoms with van der Waals surface area (Å²) in [6.45, 7) is 6.27. The summed E-state index contributed by atoms with van der Waals surface area (Å²) in [4.78, 5) is 0. The van der Waals surface area contributed by atoms with E-state index in [1.54, 1.807) is 0 Å². The van der Waals surface area contributed by atoms with Gasteiger partial charge < -0.3 is 15.8 Å². The average molecular weight is 187 g/mol. The van der Waals surface area contributed by atoms with Crippen LogP contribution in [0.15, 0.2) is 0 Å². The zero-order valence-corrected chi connectivity index (χ0v) is 8.95. The van der Waals surface area contributed by atoms with Gasteiger partial charge in [0.05, 0.1) is 0 Å². The van der Waals surface area contributed by atoms with E-state index in [0.717, 1.165) is 19.3 Å². The van der Waals surface area contributed by atoms with Crippen LogP contribution in [0.4, 0.5) is 0 Å². The average Bonchev–Trinajstić information content (AvgIpc) is 1.97. The number of hydrogen-bond acceptors (Lipinski definition) is 3. The maximum Gasteiger partial charge on any atom is 0.451 e. The topological polar surface area (TPSA) is 66.5 Å². The Labute approximate surface area is 81.5 Å². The van der Waals surface area contributed by atoms with Crippen LogP contribution in [0.5, 0.6) is 0 Å². The Morgan fingerprint density at radius 1 is 1.31 bits per heavy atom. The van der Waals surface area contributed by atoms with Crippen LogP contribution in [0.3, 0.4) is 0 Å². The van der Waals surface area contributed by atoms with Gasteiger partial charge in [0.25, 0.3) is 0 Å². The molecule has 0 aromatic rings. The molecule has 1 atom stereocenters. The van der Waals surface area contributed by atoms with Crippen LogP contribution in [0.2, 0.25) is 6.32 Å². The zero-order chi connectivity index (χ0) is 10.5. The molecule has 0 aliphatic carbocycles. The molecule has 0 aromatic heterocycles. The molecule has 3 nitrogen and oxygen atoms in total. The second-order valence-corrected chi connectivity index (χ2v) is 4.39. The predicted octanol–water partition coefficient (Wildman–Crippen LogP) is 1.00. The van der Waals surface area contributed by atoms with E-state index in [1.807, 2.05) is 6.92 Å². The van der Waals surface area contributed by atoms with Crippen molar-refractivity contribution in [1.29, 1.82) is 0 Å². The molecule has 0 aliphatic rings. The second kappa shape index (κ2) is 5.63. The first-order chi connectivity index (χ1) is 5.86. The largest absolute Gasteiger partial charge is 0.451 e. The monoisotopic (exact) mass is 187 g/mol. The molecule has 0 saturated heterocycles. The molecule has 0 bridgehead atoms. The molecule has 0 saturated carbocycles. The van der Waals surface area contributed by atoms with Crippen LogP contribution >= 0.6 is 0 Å². The molecule has 1 unspecified atom stereocenters. The molecule has 0 radical (unpaired) electrons. The van der Waals surface area contributed by atoms with Crippen molar-refractivity contribution in [2.24, 2.45) is 11.7 Å². The Bertz CT molecular complexity index is 138. The van der Waals surface area contributed by atoms with E-state index in [1.165, 1.54) is 0 Å². The first-order valence-corrected chi connectivity index (χ1v) is 5.01. The summed E-state index contributed by atoms with van der Waals surface area (Å²) in [6.07, 6.45) is 3.19. The van der Waals surface area contributed by atoms with Gasteiger partial charge in [-0.2, -0.15) is 0 Å². The van der Waals surface area contributed by atoms with Crippen molar-refractivity contribution in [3.05, 3.63) is 0 Å². The predicted molar refractivity (Wildman–Crippen MR) is 56.3 cm³/mol. The highest BCUT2D eigenvalue weighted by molar-refractivity contribution is 6.40. The van der Waals surface area contributed by atoms with Gasteiger partial charge in [0.15, 0.2) is 0 Å². The Morgan fingerprint density at radius 3 is 2.23 bits per heavy atom. The van der Waals surface area contributed by atoms with Crippen LogP contribution in [-0.2, 0) is 0 Å². The molecule has 0 aliphatic heterocycles. The number of nitrogens with two attached hydrogens (primary N) is 1. The van der Waals surface area contributed by atoms with E-state index in [2.05, 4.69) is 13.8 Å². The summed E-state index contributed by atoms with van der Waals surface area (Å²) in [7, 11) is -1.16. The van der Waals surface area contributed by atoms with Crippen LogP contribution < -0.4 is 5.73 Å². The lowest BCUT2D eigenvalue weighted by Crippen LogP contribution is -2.41. The third-order valence-electron chi connectivity index (χ3n) is 2.75. The number of hydrogen-bond donors (Lipinski definition) is 3. The third-order valence-corrected chi connectivity index (χ3v) is 2.75. The molecule has 0 heterocycles. The van der Waals surface area contributed by atoms with Gasteiger partial charge in [0.2, 0.25) is 0 Å². The molecular weight excluding hydrogens is 165 g/mol. The van der Waals surface area contributed by atoms with Crippen molar-refractivity contribution in [2.75, 3.05) is 0 Å². The molecule has 0 spiro atoms.